The zero-order valence-electron chi connectivity index (χ0n) is 16.4. The summed E-state index contributed by atoms with van der Waals surface area (Å²) in [6, 6.07) is 9.99. The van der Waals surface area contributed by atoms with E-state index in [4.69, 9.17) is 4.74 Å². The van der Waals surface area contributed by atoms with Crippen LogP contribution in [-0.2, 0) is 14.8 Å². The first-order valence-corrected chi connectivity index (χ1v) is 12.6. The number of nitrogens with one attached hydrogen (secondary N) is 1. The molecule has 3 heterocycles. The molecule has 0 spiro atoms. The SMILES string of the molecule is C[C@@H]1CN(S(=O)(=O)c2cccc(C(=O)Nc3nc(-c4cccs4)cs3)c2)C[C@H](C)O1. The summed E-state index contributed by atoms with van der Waals surface area (Å²) in [4.78, 5) is 18.2. The van der Waals surface area contributed by atoms with Gasteiger partial charge in [0.2, 0.25) is 10.0 Å². The largest absolute Gasteiger partial charge is 0.373 e. The minimum absolute atomic E-state index is 0.0925. The molecule has 1 aromatic carbocycles. The van der Waals surface area contributed by atoms with E-state index in [0.29, 0.717) is 5.13 Å². The topological polar surface area (TPSA) is 88.6 Å². The lowest BCUT2D eigenvalue weighted by molar-refractivity contribution is -0.0440. The van der Waals surface area contributed by atoms with Gasteiger partial charge in [0, 0.05) is 24.0 Å². The molecule has 3 aromatic rings. The van der Waals surface area contributed by atoms with Crippen molar-refractivity contribution >= 4 is 43.7 Å². The molecule has 1 aliphatic heterocycles. The zero-order valence-corrected chi connectivity index (χ0v) is 18.9. The van der Waals surface area contributed by atoms with Gasteiger partial charge in [-0.05, 0) is 43.5 Å². The highest BCUT2D eigenvalue weighted by Crippen LogP contribution is 2.28. The maximum absolute atomic E-state index is 13.1. The lowest BCUT2D eigenvalue weighted by Crippen LogP contribution is -2.48. The number of aromatic nitrogens is 1. The summed E-state index contributed by atoms with van der Waals surface area (Å²) in [6.45, 7) is 4.27. The van der Waals surface area contributed by atoms with Gasteiger partial charge in [-0.2, -0.15) is 4.31 Å². The first-order chi connectivity index (χ1) is 14.3. The number of thiazole rings is 1. The Bertz CT molecular complexity index is 1130. The monoisotopic (exact) mass is 463 g/mol. The predicted octanol–water partition coefficient (Wildman–Crippen LogP) is 3.92. The van der Waals surface area contributed by atoms with Gasteiger partial charge in [-0.25, -0.2) is 13.4 Å². The fraction of sp³-hybridized carbons (Fsp3) is 0.300. The van der Waals surface area contributed by atoms with Crippen LogP contribution in [0.5, 0.6) is 0 Å². The molecule has 1 N–H and O–H groups in total. The molecular weight excluding hydrogens is 442 g/mol. The molecule has 30 heavy (non-hydrogen) atoms. The second-order valence-electron chi connectivity index (χ2n) is 7.08. The predicted molar refractivity (Wildman–Crippen MR) is 119 cm³/mol. The van der Waals surface area contributed by atoms with Crippen molar-refractivity contribution in [1.82, 2.24) is 9.29 Å². The van der Waals surface area contributed by atoms with E-state index < -0.39 is 15.9 Å². The summed E-state index contributed by atoms with van der Waals surface area (Å²) < 4.78 is 33.2. The van der Waals surface area contributed by atoms with E-state index in [0.717, 1.165) is 10.6 Å². The fourth-order valence-corrected chi connectivity index (χ4v) is 6.42. The Balaban J connectivity index is 1.52. The molecule has 1 saturated heterocycles. The lowest BCUT2D eigenvalue weighted by atomic mass is 10.2. The molecule has 4 rings (SSSR count). The highest BCUT2D eigenvalue weighted by Gasteiger charge is 2.32. The molecule has 0 aliphatic carbocycles. The number of thiophene rings is 1. The van der Waals surface area contributed by atoms with E-state index in [-0.39, 0.29) is 35.8 Å². The smallest absolute Gasteiger partial charge is 0.257 e. The molecule has 0 saturated carbocycles. The standard InChI is InChI=1S/C20H21N3O4S3/c1-13-10-23(11-14(2)27-13)30(25,26)16-6-3-5-15(9-16)19(24)22-20-21-17(12-29-20)18-7-4-8-28-18/h3-9,12-14H,10-11H2,1-2H3,(H,21,22,24)/t13-,14+. The number of ether oxygens (including phenoxy) is 1. The summed E-state index contributed by atoms with van der Waals surface area (Å²) >= 11 is 2.90. The first-order valence-electron chi connectivity index (χ1n) is 9.39. The number of carbonyl (C=O) groups is 1. The Labute approximate surface area is 183 Å². The van der Waals surface area contributed by atoms with E-state index in [1.807, 2.05) is 36.7 Å². The van der Waals surface area contributed by atoms with E-state index in [1.165, 1.54) is 27.8 Å². The third kappa shape index (κ3) is 4.47. The molecule has 7 nitrogen and oxygen atoms in total. The Hall–Kier alpha value is -2.11. The number of morpholine rings is 1. The van der Waals surface area contributed by atoms with Gasteiger partial charge in [0.25, 0.3) is 5.91 Å². The fourth-order valence-electron chi connectivity index (χ4n) is 3.31. The van der Waals surface area contributed by atoms with Crippen LogP contribution in [0, 0.1) is 0 Å². The lowest BCUT2D eigenvalue weighted by Gasteiger charge is -2.34. The van der Waals surface area contributed by atoms with Crippen molar-refractivity contribution in [2.45, 2.75) is 31.0 Å². The van der Waals surface area contributed by atoms with E-state index in [2.05, 4.69) is 10.3 Å². The Morgan fingerprint density at radius 3 is 2.63 bits per heavy atom. The number of nitrogens with zero attached hydrogens (tertiary/aromatic N) is 2. The maximum Gasteiger partial charge on any atom is 0.257 e. The second-order valence-corrected chi connectivity index (χ2v) is 10.8. The van der Waals surface area contributed by atoms with Crippen molar-refractivity contribution in [3.63, 3.8) is 0 Å². The van der Waals surface area contributed by atoms with Gasteiger partial charge in [-0.3, -0.25) is 10.1 Å². The van der Waals surface area contributed by atoms with Crippen LogP contribution in [0.1, 0.15) is 24.2 Å². The molecule has 0 unspecified atom stereocenters. The van der Waals surface area contributed by atoms with Crippen LogP contribution in [0.4, 0.5) is 5.13 Å². The maximum atomic E-state index is 13.1. The van der Waals surface area contributed by atoms with E-state index in [9.17, 15) is 13.2 Å². The van der Waals surface area contributed by atoms with Gasteiger partial charge < -0.3 is 4.74 Å². The van der Waals surface area contributed by atoms with Gasteiger partial charge in [-0.1, -0.05) is 12.1 Å². The zero-order chi connectivity index (χ0) is 21.3. The summed E-state index contributed by atoms with van der Waals surface area (Å²) in [7, 11) is -3.72. The Kier molecular flexibility index (Phi) is 6.03. The summed E-state index contributed by atoms with van der Waals surface area (Å²) in [5.74, 6) is -0.400. The van der Waals surface area contributed by atoms with E-state index in [1.54, 1.807) is 23.5 Å². The van der Waals surface area contributed by atoms with Crippen molar-refractivity contribution in [2.24, 2.45) is 0 Å². The number of amides is 1. The molecule has 158 valence electrons. The Morgan fingerprint density at radius 2 is 1.93 bits per heavy atom. The molecule has 10 heteroatoms. The van der Waals surface area contributed by atoms with Crippen LogP contribution in [0.25, 0.3) is 10.6 Å². The van der Waals surface area contributed by atoms with E-state index >= 15 is 0 Å². The molecule has 0 bridgehead atoms. The minimum atomic E-state index is -3.72. The van der Waals surface area contributed by atoms with Crippen LogP contribution in [0.15, 0.2) is 52.1 Å². The number of benzene rings is 1. The quantitative estimate of drug-likeness (QED) is 0.620. The third-order valence-electron chi connectivity index (χ3n) is 4.62. The summed E-state index contributed by atoms with van der Waals surface area (Å²) in [6.07, 6.45) is -0.366. The average molecular weight is 464 g/mol. The van der Waals surface area contributed by atoms with Crippen LogP contribution in [0.3, 0.4) is 0 Å². The normalized spacial score (nSPS) is 20.2. The van der Waals surface area contributed by atoms with Crippen LogP contribution >= 0.6 is 22.7 Å². The van der Waals surface area contributed by atoms with Gasteiger partial charge in [0.05, 0.1) is 27.7 Å². The van der Waals surface area contributed by atoms with Crippen molar-refractivity contribution < 1.29 is 17.9 Å². The highest BCUT2D eigenvalue weighted by atomic mass is 32.2. The highest BCUT2D eigenvalue weighted by molar-refractivity contribution is 7.89. The van der Waals surface area contributed by atoms with Crippen LogP contribution in [0.2, 0.25) is 0 Å². The molecule has 0 radical (unpaired) electrons. The van der Waals surface area contributed by atoms with Crippen molar-refractivity contribution in [2.75, 3.05) is 18.4 Å². The minimum Gasteiger partial charge on any atom is -0.373 e. The second kappa shape index (κ2) is 8.56. The van der Waals surface area contributed by atoms with Gasteiger partial charge in [0.1, 0.15) is 0 Å². The van der Waals surface area contributed by atoms with Gasteiger partial charge >= 0.3 is 0 Å². The van der Waals surface area contributed by atoms with Gasteiger partial charge in [0.15, 0.2) is 5.13 Å². The molecule has 2 aromatic heterocycles. The number of hydrogen-bond donors (Lipinski definition) is 1. The van der Waals surface area contributed by atoms with Gasteiger partial charge in [-0.15, -0.1) is 22.7 Å². The number of hydrogen-bond acceptors (Lipinski definition) is 7. The molecule has 2 atom stereocenters. The first kappa shape index (κ1) is 21.1. The number of anilines is 1. The van der Waals surface area contributed by atoms with Crippen molar-refractivity contribution in [3.8, 4) is 10.6 Å². The molecule has 1 amide bonds. The summed E-state index contributed by atoms with van der Waals surface area (Å²) in [5, 5.41) is 7.07. The van der Waals surface area contributed by atoms with Crippen molar-refractivity contribution in [1.29, 1.82) is 0 Å². The number of rotatable bonds is 5. The average Bonchev–Trinajstić information content (AvgIpc) is 3.39. The molecular formula is C20H21N3O4S3. The third-order valence-corrected chi connectivity index (χ3v) is 8.10. The Morgan fingerprint density at radius 1 is 1.17 bits per heavy atom. The van der Waals surface area contributed by atoms with Crippen LogP contribution in [-0.4, -0.2) is 48.9 Å². The molecule has 1 fully saturated rings. The molecule has 1 aliphatic rings. The number of carbonyl (C=O) groups excluding carboxylic acids is 1. The van der Waals surface area contributed by atoms with Crippen molar-refractivity contribution in [3.05, 3.63) is 52.7 Å². The summed E-state index contributed by atoms with van der Waals surface area (Å²) in [5.41, 5.74) is 1.07. The number of sulfonamides is 1. The van der Waals surface area contributed by atoms with Crippen LogP contribution < -0.4 is 5.32 Å².